The second-order valence-corrected chi connectivity index (χ2v) is 18.4. The van der Waals surface area contributed by atoms with Gasteiger partial charge in [0.2, 0.25) is 5.91 Å². The van der Waals surface area contributed by atoms with Crippen molar-refractivity contribution >= 4 is 11.9 Å². The predicted molar refractivity (Wildman–Crippen MR) is 291 cm³/mol. The summed E-state index contributed by atoms with van der Waals surface area (Å²) in [4.78, 5) is 26.2. The highest BCUT2D eigenvalue weighted by molar-refractivity contribution is 5.77. The quantitative estimate of drug-likeness (QED) is 0.0244. The number of hydrogen-bond acceptors (Lipinski definition) is 5. The molecule has 6 nitrogen and oxygen atoms in total. The van der Waals surface area contributed by atoms with Crippen LogP contribution < -0.4 is 5.32 Å². The van der Waals surface area contributed by atoms with Gasteiger partial charge in [-0.2, -0.15) is 0 Å². The number of esters is 1. The maximum absolute atomic E-state index is 13.2. The summed E-state index contributed by atoms with van der Waals surface area (Å²) in [5, 5.41) is 23.8. The number of ether oxygens (including phenoxy) is 1. The largest absolute Gasteiger partial charge is 0.462 e. The number of unbranched alkanes of at least 4 members (excludes halogenated alkanes) is 22. The summed E-state index contributed by atoms with van der Waals surface area (Å²) in [7, 11) is 0. The molecule has 0 rings (SSSR count). The van der Waals surface area contributed by atoms with Gasteiger partial charge in [-0.3, -0.25) is 9.59 Å². The number of carbonyl (C=O) groups excluding carboxylic acids is 2. The molecule has 0 aromatic rings. The van der Waals surface area contributed by atoms with E-state index in [0.29, 0.717) is 19.3 Å². The lowest BCUT2D eigenvalue weighted by Crippen LogP contribution is -2.46. The highest BCUT2D eigenvalue weighted by atomic mass is 16.5. The third-order valence-corrected chi connectivity index (χ3v) is 11.9. The third kappa shape index (κ3) is 48.8. The van der Waals surface area contributed by atoms with Gasteiger partial charge in [0.15, 0.2) is 0 Å². The van der Waals surface area contributed by atoms with Crippen LogP contribution in [0.3, 0.4) is 0 Å². The van der Waals surface area contributed by atoms with E-state index in [4.69, 9.17) is 4.74 Å². The van der Waals surface area contributed by atoms with Crippen LogP contribution in [-0.2, 0) is 14.3 Å². The Morgan fingerprint density at radius 2 is 0.866 bits per heavy atom. The Kier molecular flexibility index (Phi) is 50.7. The first-order valence-corrected chi connectivity index (χ1v) is 27.7. The van der Waals surface area contributed by atoms with Gasteiger partial charge >= 0.3 is 5.97 Å². The van der Waals surface area contributed by atoms with Gasteiger partial charge in [-0.15, -0.1) is 0 Å². The Labute approximate surface area is 413 Å². The molecule has 0 saturated carbocycles. The first-order chi connectivity index (χ1) is 33.0. The molecule has 0 aromatic heterocycles. The molecule has 0 saturated heterocycles. The van der Waals surface area contributed by atoms with E-state index >= 15 is 0 Å². The second kappa shape index (κ2) is 53.5. The minimum absolute atomic E-state index is 0.0229. The zero-order chi connectivity index (χ0) is 48.8. The van der Waals surface area contributed by atoms with Crippen LogP contribution in [0, 0.1) is 0 Å². The van der Waals surface area contributed by atoms with Gasteiger partial charge in [-0.05, 0) is 83.5 Å². The minimum atomic E-state index is -0.814. The Balaban J connectivity index is 4.76. The monoisotopic (exact) mass is 930 g/mol. The zero-order valence-electron chi connectivity index (χ0n) is 43.5. The van der Waals surface area contributed by atoms with Crippen molar-refractivity contribution in [2.45, 2.75) is 257 Å². The van der Waals surface area contributed by atoms with E-state index in [9.17, 15) is 19.8 Å². The Morgan fingerprint density at radius 3 is 1.40 bits per heavy atom. The number of aliphatic hydroxyl groups is 2. The van der Waals surface area contributed by atoms with Crippen molar-refractivity contribution in [2.24, 2.45) is 0 Å². The summed E-state index contributed by atoms with van der Waals surface area (Å²) in [6, 6.07) is -0.732. The van der Waals surface area contributed by atoms with Crippen LogP contribution >= 0.6 is 0 Å². The fourth-order valence-corrected chi connectivity index (χ4v) is 7.74. The molecule has 1 amide bonds. The zero-order valence-corrected chi connectivity index (χ0v) is 43.5. The topological polar surface area (TPSA) is 95.9 Å². The van der Waals surface area contributed by atoms with E-state index in [1.54, 1.807) is 0 Å². The lowest BCUT2D eigenvalue weighted by Gasteiger charge is -2.24. The Morgan fingerprint density at radius 1 is 0.448 bits per heavy atom. The van der Waals surface area contributed by atoms with E-state index < -0.39 is 18.2 Å². The molecule has 0 bridgehead atoms. The smallest absolute Gasteiger partial charge is 0.306 e. The molecule has 0 heterocycles. The highest BCUT2D eigenvalue weighted by Gasteiger charge is 2.24. The van der Waals surface area contributed by atoms with Crippen LogP contribution in [0.1, 0.15) is 239 Å². The summed E-state index contributed by atoms with van der Waals surface area (Å²) < 4.78 is 5.91. The first-order valence-electron chi connectivity index (χ1n) is 27.7. The van der Waals surface area contributed by atoms with E-state index in [-0.39, 0.29) is 24.9 Å². The molecule has 0 radical (unpaired) electrons. The van der Waals surface area contributed by atoms with Crippen molar-refractivity contribution in [3.05, 3.63) is 109 Å². The number of aliphatic hydroxyl groups excluding tert-OH is 2. The molecular formula is C61H103NO5. The molecule has 0 fully saturated rings. The van der Waals surface area contributed by atoms with Gasteiger partial charge in [-0.1, -0.05) is 252 Å². The molecule has 3 N–H and O–H groups in total. The Hall–Kier alpha value is -3.48. The molecular weight excluding hydrogens is 827 g/mol. The molecule has 382 valence electrons. The van der Waals surface area contributed by atoms with Crippen molar-refractivity contribution in [2.75, 3.05) is 6.61 Å². The summed E-state index contributed by atoms with van der Waals surface area (Å²) >= 11 is 0. The van der Waals surface area contributed by atoms with Crippen LogP contribution in [-0.4, -0.2) is 46.9 Å². The van der Waals surface area contributed by atoms with Crippen molar-refractivity contribution in [3.8, 4) is 0 Å². The van der Waals surface area contributed by atoms with E-state index in [1.165, 1.54) is 96.3 Å². The minimum Gasteiger partial charge on any atom is -0.462 e. The fourth-order valence-electron chi connectivity index (χ4n) is 7.74. The van der Waals surface area contributed by atoms with E-state index in [2.05, 4.69) is 111 Å². The van der Waals surface area contributed by atoms with Gasteiger partial charge in [0.05, 0.1) is 25.2 Å². The van der Waals surface area contributed by atoms with E-state index in [0.717, 1.165) is 96.3 Å². The highest BCUT2D eigenvalue weighted by Crippen LogP contribution is 2.17. The molecule has 0 spiro atoms. The van der Waals surface area contributed by atoms with Gasteiger partial charge in [0.25, 0.3) is 0 Å². The van der Waals surface area contributed by atoms with Crippen LogP contribution in [0.2, 0.25) is 0 Å². The summed E-state index contributed by atoms with van der Waals surface area (Å²) in [6.07, 6.45) is 72.8. The van der Waals surface area contributed by atoms with Crippen molar-refractivity contribution in [3.63, 3.8) is 0 Å². The van der Waals surface area contributed by atoms with Gasteiger partial charge in [0.1, 0.15) is 6.10 Å². The predicted octanol–water partition coefficient (Wildman–Crippen LogP) is 17.1. The van der Waals surface area contributed by atoms with Gasteiger partial charge in [0, 0.05) is 6.42 Å². The lowest BCUT2D eigenvalue weighted by molar-refractivity contribution is -0.151. The number of amides is 1. The molecule has 3 atom stereocenters. The summed E-state index contributed by atoms with van der Waals surface area (Å²) in [6.45, 7) is 6.35. The molecule has 0 aliphatic carbocycles. The van der Waals surface area contributed by atoms with Crippen LogP contribution in [0.4, 0.5) is 0 Å². The standard InChI is InChI=1S/C61H103NO5/c1-4-7-10-13-16-19-22-25-27-29-31-33-36-39-42-45-48-51-54-61(66)67-57(52-49-46-43-40-37-35-32-30-28-26-23-20-17-14-11-8-5-2)55-60(65)62-58(56-63)59(64)53-50-47-44-41-38-34-24-21-18-15-12-9-6-3/h10,13,16-17,19-20,22,25-29,31-33,35,40,43,57-59,63-64H,4-9,11-12,14-15,18,21,23-24,30,34,36-39,41-42,44-56H2,1-3H3,(H,62,65)/b13-10+,19-16+,20-17-,25-22+,28-26-,29-27+,33-31+,35-32-,43-40-. The van der Waals surface area contributed by atoms with Crippen molar-refractivity contribution < 1.29 is 24.5 Å². The second-order valence-electron chi connectivity index (χ2n) is 18.4. The maximum Gasteiger partial charge on any atom is 0.306 e. The lowest BCUT2D eigenvalue weighted by atomic mass is 10.0. The fraction of sp³-hybridized carbons (Fsp3) is 0.672. The molecule has 67 heavy (non-hydrogen) atoms. The first kappa shape index (κ1) is 63.5. The SMILES string of the molecule is CCC/C=C/C=C/C=C/C=C/C=C/CCCCCCCC(=O)OC(CCC/C=C\C/C=C\C/C=C\C/C=C\CCCCC)CC(=O)NC(CO)C(O)CCCCCCCCCCCCCCC. The van der Waals surface area contributed by atoms with Gasteiger partial charge in [-0.25, -0.2) is 0 Å². The van der Waals surface area contributed by atoms with Crippen LogP contribution in [0.15, 0.2) is 109 Å². The third-order valence-electron chi connectivity index (χ3n) is 11.9. The number of carbonyl (C=O) groups is 2. The average molecular weight is 930 g/mol. The number of hydrogen-bond donors (Lipinski definition) is 3. The molecule has 0 aromatic carbocycles. The molecule has 3 unspecified atom stereocenters. The Bertz CT molecular complexity index is 1370. The summed E-state index contributed by atoms with van der Waals surface area (Å²) in [5.74, 6) is -0.563. The maximum atomic E-state index is 13.2. The van der Waals surface area contributed by atoms with Crippen molar-refractivity contribution in [1.29, 1.82) is 0 Å². The molecule has 0 aliphatic heterocycles. The number of nitrogens with one attached hydrogen (secondary N) is 1. The van der Waals surface area contributed by atoms with Crippen LogP contribution in [0.5, 0.6) is 0 Å². The molecule has 6 heteroatoms. The van der Waals surface area contributed by atoms with Crippen LogP contribution in [0.25, 0.3) is 0 Å². The van der Waals surface area contributed by atoms with Gasteiger partial charge < -0.3 is 20.3 Å². The summed E-state index contributed by atoms with van der Waals surface area (Å²) in [5.41, 5.74) is 0. The normalized spacial score (nSPS) is 14.0. The number of rotatable bonds is 48. The van der Waals surface area contributed by atoms with E-state index in [1.807, 2.05) is 24.3 Å². The molecule has 0 aliphatic rings. The van der Waals surface area contributed by atoms with Crippen molar-refractivity contribution in [1.82, 2.24) is 5.32 Å². The average Bonchev–Trinajstić information content (AvgIpc) is 3.32. The number of allylic oxidation sites excluding steroid dienone is 18.